The average Bonchev–Trinajstić information content (AvgIpc) is 2.38. The minimum atomic E-state index is -0.267. The minimum absolute atomic E-state index is 0.267. The van der Waals surface area contributed by atoms with Crippen molar-refractivity contribution in [3.05, 3.63) is 50.7 Å². The van der Waals surface area contributed by atoms with Gasteiger partial charge in [0.1, 0.15) is 17.5 Å². The van der Waals surface area contributed by atoms with Gasteiger partial charge in [-0.05, 0) is 34.2 Å². The summed E-state index contributed by atoms with van der Waals surface area (Å²) in [5.41, 5.74) is 7.11. The van der Waals surface area contributed by atoms with Gasteiger partial charge in [-0.25, -0.2) is 14.4 Å². The first-order chi connectivity index (χ1) is 9.11. The van der Waals surface area contributed by atoms with Crippen molar-refractivity contribution in [2.24, 2.45) is 0 Å². The molecular weight excluding hydrogens is 360 g/mol. The molecule has 0 aliphatic heterocycles. The lowest BCUT2D eigenvalue weighted by Gasteiger charge is -2.08. The van der Waals surface area contributed by atoms with Crippen molar-refractivity contribution in [3.8, 4) is 0 Å². The van der Waals surface area contributed by atoms with E-state index in [0.717, 1.165) is 9.26 Å². The third-order valence-electron chi connectivity index (χ3n) is 2.58. The molecule has 0 unspecified atom stereocenters. The smallest absolute Gasteiger partial charge is 0.141 e. The summed E-state index contributed by atoms with van der Waals surface area (Å²) in [5, 5.41) is 0. The van der Waals surface area contributed by atoms with E-state index in [1.807, 2.05) is 0 Å². The molecule has 1 aromatic carbocycles. The number of hydrogen-bond acceptors (Lipinski definition) is 4. The number of rotatable bonds is 4. The molecule has 0 atom stereocenters. The van der Waals surface area contributed by atoms with Crippen molar-refractivity contribution >= 4 is 28.4 Å². The summed E-state index contributed by atoms with van der Waals surface area (Å²) in [6, 6.07) is 6.56. The molecule has 2 N–H and O–H groups in total. The van der Waals surface area contributed by atoms with Crippen LogP contribution in [0.1, 0.15) is 17.1 Å². The number of methoxy groups -OCH3 is 1. The summed E-state index contributed by atoms with van der Waals surface area (Å²) < 4.78 is 19.4. The largest absolute Gasteiger partial charge is 0.383 e. The van der Waals surface area contributed by atoms with Crippen LogP contribution in [0.4, 0.5) is 10.2 Å². The molecule has 0 fully saturated rings. The molecule has 0 saturated carbocycles. The highest BCUT2D eigenvalue weighted by atomic mass is 127. The number of ether oxygens (including phenoxy) is 1. The molecule has 0 aliphatic carbocycles. The molecular formula is C13H13FIN3O. The molecule has 0 radical (unpaired) electrons. The highest BCUT2D eigenvalue weighted by molar-refractivity contribution is 14.1. The van der Waals surface area contributed by atoms with Gasteiger partial charge in [-0.3, -0.25) is 0 Å². The number of nitrogens with zero attached hydrogens (tertiary/aromatic N) is 2. The summed E-state index contributed by atoms with van der Waals surface area (Å²) >= 11 is 2.08. The Balaban J connectivity index is 2.33. The molecule has 0 saturated heterocycles. The molecule has 6 heteroatoms. The lowest BCUT2D eigenvalue weighted by atomic mass is 10.1. The molecule has 0 amide bonds. The van der Waals surface area contributed by atoms with Crippen LogP contribution in [-0.2, 0) is 17.8 Å². The van der Waals surface area contributed by atoms with Gasteiger partial charge in [0.15, 0.2) is 0 Å². The van der Waals surface area contributed by atoms with Crippen molar-refractivity contribution in [2.75, 3.05) is 12.8 Å². The van der Waals surface area contributed by atoms with Gasteiger partial charge >= 0.3 is 0 Å². The first-order valence-electron chi connectivity index (χ1n) is 5.65. The highest BCUT2D eigenvalue weighted by Crippen LogP contribution is 2.19. The lowest BCUT2D eigenvalue weighted by Crippen LogP contribution is -2.09. The predicted octanol–water partition coefficient (Wildman–Crippen LogP) is 2.54. The maximum absolute atomic E-state index is 13.6. The van der Waals surface area contributed by atoms with E-state index in [0.29, 0.717) is 30.2 Å². The fourth-order valence-corrected chi connectivity index (χ4v) is 2.09. The number of nitrogens with two attached hydrogens (primary N) is 1. The number of hydrogen-bond donors (Lipinski definition) is 1. The van der Waals surface area contributed by atoms with Crippen molar-refractivity contribution < 1.29 is 9.13 Å². The van der Waals surface area contributed by atoms with Crippen LogP contribution in [0, 0.1) is 9.39 Å². The Labute approximate surface area is 124 Å². The van der Waals surface area contributed by atoms with Gasteiger partial charge in [-0.2, -0.15) is 0 Å². The molecule has 1 aromatic heterocycles. The molecule has 100 valence electrons. The van der Waals surface area contributed by atoms with Crippen molar-refractivity contribution in [2.45, 2.75) is 13.0 Å². The zero-order valence-corrected chi connectivity index (χ0v) is 12.5. The fraction of sp³-hybridized carbons (Fsp3) is 0.231. The molecule has 2 aromatic rings. The zero-order chi connectivity index (χ0) is 13.8. The Morgan fingerprint density at radius 1 is 1.32 bits per heavy atom. The van der Waals surface area contributed by atoms with E-state index < -0.39 is 0 Å². The van der Waals surface area contributed by atoms with Gasteiger partial charge in [-0.1, -0.05) is 18.2 Å². The predicted molar refractivity (Wildman–Crippen MR) is 79.1 cm³/mol. The average molecular weight is 373 g/mol. The van der Waals surface area contributed by atoms with Crippen LogP contribution in [0.25, 0.3) is 0 Å². The topological polar surface area (TPSA) is 61.0 Å². The van der Waals surface area contributed by atoms with Crippen LogP contribution in [0.3, 0.4) is 0 Å². The Bertz CT molecular complexity index is 592. The minimum Gasteiger partial charge on any atom is -0.383 e. The van der Waals surface area contributed by atoms with Crippen LogP contribution in [0.5, 0.6) is 0 Å². The Morgan fingerprint density at radius 2 is 2.05 bits per heavy atom. The van der Waals surface area contributed by atoms with Crippen LogP contribution < -0.4 is 5.73 Å². The van der Waals surface area contributed by atoms with E-state index in [9.17, 15) is 4.39 Å². The zero-order valence-electron chi connectivity index (χ0n) is 10.4. The van der Waals surface area contributed by atoms with Crippen LogP contribution in [0.15, 0.2) is 24.3 Å². The third kappa shape index (κ3) is 3.38. The van der Waals surface area contributed by atoms with Crippen LogP contribution >= 0.6 is 22.6 Å². The number of benzene rings is 1. The Kier molecular flexibility index (Phi) is 4.65. The van der Waals surface area contributed by atoms with Crippen molar-refractivity contribution in [3.63, 3.8) is 0 Å². The van der Waals surface area contributed by atoms with Gasteiger partial charge in [0, 0.05) is 13.5 Å². The fourth-order valence-electron chi connectivity index (χ4n) is 1.69. The number of anilines is 1. The number of aromatic nitrogens is 2. The summed E-state index contributed by atoms with van der Waals surface area (Å²) in [5.74, 6) is 0.626. The van der Waals surface area contributed by atoms with E-state index in [4.69, 9.17) is 10.5 Å². The van der Waals surface area contributed by atoms with E-state index >= 15 is 0 Å². The lowest BCUT2D eigenvalue weighted by molar-refractivity contribution is 0.180. The Morgan fingerprint density at radius 3 is 2.74 bits per heavy atom. The van der Waals surface area contributed by atoms with Crippen molar-refractivity contribution in [1.29, 1.82) is 0 Å². The third-order valence-corrected chi connectivity index (χ3v) is 3.75. The van der Waals surface area contributed by atoms with Crippen molar-refractivity contribution in [1.82, 2.24) is 9.97 Å². The second kappa shape index (κ2) is 6.25. The van der Waals surface area contributed by atoms with Gasteiger partial charge in [0.05, 0.1) is 15.9 Å². The summed E-state index contributed by atoms with van der Waals surface area (Å²) in [7, 11) is 1.59. The SMILES string of the molecule is COCc1nc(Cc2ccccc2F)nc(N)c1I. The second-order valence-corrected chi connectivity index (χ2v) is 5.07. The normalized spacial score (nSPS) is 10.7. The maximum Gasteiger partial charge on any atom is 0.141 e. The summed E-state index contributed by atoms with van der Waals surface area (Å²) in [4.78, 5) is 8.56. The quantitative estimate of drug-likeness (QED) is 0.837. The highest BCUT2D eigenvalue weighted by Gasteiger charge is 2.11. The standard InChI is InChI=1S/C13H13FIN3O/c1-19-7-10-12(15)13(16)18-11(17-10)6-8-4-2-3-5-9(8)14/h2-5H,6-7H2,1H3,(H2,16,17,18). The molecule has 2 rings (SSSR count). The molecule has 1 heterocycles. The summed E-state index contributed by atoms with van der Waals surface area (Å²) in [6.07, 6.45) is 0.310. The monoisotopic (exact) mass is 373 g/mol. The van der Waals surface area contributed by atoms with Gasteiger partial charge in [0.2, 0.25) is 0 Å². The summed E-state index contributed by atoms with van der Waals surface area (Å²) in [6.45, 7) is 0.356. The van der Waals surface area contributed by atoms with Gasteiger partial charge < -0.3 is 10.5 Å². The van der Waals surface area contributed by atoms with E-state index in [1.165, 1.54) is 6.07 Å². The number of halogens is 2. The van der Waals surface area contributed by atoms with Crippen LogP contribution in [-0.4, -0.2) is 17.1 Å². The Hall–Kier alpha value is -1.28. The van der Waals surface area contributed by atoms with Crippen LogP contribution in [0.2, 0.25) is 0 Å². The van der Waals surface area contributed by atoms with E-state index in [2.05, 4.69) is 32.6 Å². The number of nitrogen functional groups attached to an aromatic ring is 1. The van der Waals surface area contributed by atoms with Gasteiger partial charge in [0.25, 0.3) is 0 Å². The molecule has 0 bridgehead atoms. The maximum atomic E-state index is 13.6. The molecule has 19 heavy (non-hydrogen) atoms. The first-order valence-corrected chi connectivity index (χ1v) is 6.72. The molecule has 4 nitrogen and oxygen atoms in total. The van der Waals surface area contributed by atoms with E-state index in [1.54, 1.807) is 25.3 Å². The second-order valence-electron chi connectivity index (χ2n) is 3.99. The van der Waals surface area contributed by atoms with Gasteiger partial charge in [-0.15, -0.1) is 0 Å². The molecule has 0 spiro atoms. The first kappa shape index (κ1) is 14.1. The molecule has 0 aliphatic rings. The van der Waals surface area contributed by atoms with E-state index in [-0.39, 0.29) is 5.82 Å².